The molecule has 0 saturated carbocycles. The van der Waals surface area contributed by atoms with E-state index in [1.54, 1.807) is 17.0 Å². The van der Waals surface area contributed by atoms with Crippen molar-refractivity contribution in [2.45, 2.75) is 0 Å². The molecule has 0 amide bonds. The number of halogens is 1. The van der Waals surface area contributed by atoms with E-state index in [0.717, 1.165) is 6.20 Å². The first-order valence-corrected chi connectivity index (χ1v) is 8.68. The second-order valence-corrected chi connectivity index (χ2v) is 6.57. The van der Waals surface area contributed by atoms with Gasteiger partial charge in [-0.1, -0.05) is 17.4 Å². The third-order valence-corrected chi connectivity index (χ3v) is 4.92. The monoisotopic (exact) mass is 375 g/mol. The average Bonchev–Trinajstić information content (AvgIpc) is 3.06. The standard InChI is InChI=1S/C16H14FN5O3S/c17-10-8-18-15(20-13(10)22-4-6-25-7-5-22)21-16-19-11-3-1-2-9(14(23)24)12(11)26-16/h1-3,8H,4-7H2,(H,23,24)(H,18,19,20,21). The van der Waals surface area contributed by atoms with Gasteiger partial charge in [0.2, 0.25) is 5.95 Å². The van der Waals surface area contributed by atoms with Crippen LogP contribution in [-0.4, -0.2) is 52.3 Å². The zero-order valence-electron chi connectivity index (χ0n) is 13.5. The summed E-state index contributed by atoms with van der Waals surface area (Å²) in [5.41, 5.74) is 0.745. The summed E-state index contributed by atoms with van der Waals surface area (Å²) in [6, 6.07) is 4.89. The number of benzene rings is 1. The van der Waals surface area contributed by atoms with Crippen molar-refractivity contribution in [1.82, 2.24) is 15.0 Å². The van der Waals surface area contributed by atoms with Crippen LogP contribution in [0.5, 0.6) is 0 Å². The fraction of sp³-hybridized carbons (Fsp3) is 0.250. The number of morpholine rings is 1. The van der Waals surface area contributed by atoms with Gasteiger partial charge in [0.05, 0.1) is 35.2 Å². The molecule has 1 saturated heterocycles. The van der Waals surface area contributed by atoms with Crippen molar-refractivity contribution in [3.05, 3.63) is 35.8 Å². The maximum absolute atomic E-state index is 14.1. The van der Waals surface area contributed by atoms with Gasteiger partial charge in [0.15, 0.2) is 16.8 Å². The average molecular weight is 375 g/mol. The van der Waals surface area contributed by atoms with Gasteiger partial charge in [-0.2, -0.15) is 4.98 Å². The molecule has 0 atom stereocenters. The fourth-order valence-corrected chi connectivity index (χ4v) is 3.65. The molecule has 1 aliphatic rings. The van der Waals surface area contributed by atoms with E-state index >= 15 is 0 Å². The Kier molecular flexibility index (Phi) is 4.35. The van der Waals surface area contributed by atoms with Crippen molar-refractivity contribution < 1.29 is 19.0 Å². The predicted octanol–water partition coefficient (Wildman–Crippen LogP) is 2.50. The lowest BCUT2D eigenvalue weighted by atomic mass is 10.2. The van der Waals surface area contributed by atoms with Gasteiger partial charge >= 0.3 is 5.97 Å². The smallest absolute Gasteiger partial charge is 0.337 e. The number of nitrogens with one attached hydrogen (secondary N) is 1. The topological polar surface area (TPSA) is 100 Å². The highest BCUT2D eigenvalue weighted by molar-refractivity contribution is 7.22. The van der Waals surface area contributed by atoms with E-state index in [1.165, 1.54) is 17.4 Å². The number of rotatable bonds is 4. The van der Waals surface area contributed by atoms with E-state index < -0.39 is 11.8 Å². The van der Waals surface area contributed by atoms with Crippen LogP contribution in [-0.2, 0) is 4.74 Å². The van der Waals surface area contributed by atoms with Crippen LogP contribution in [0.25, 0.3) is 10.2 Å². The quantitative estimate of drug-likeness (QED) is 0.717. The number of hydrogen-bond donors (Lipinski definition) is 2. The number of ether oxygens (including phenoxy) is 1. The van der Waals surface area contributed by atoms with Crippen molar-refractivity contribution >= 4 is 44.4 Å². The molecule has 0 radical (unpaired) electrons. The molecule has 1 aliphatic heterocycles. The highest BCUT2D eigenvalue weighted by atomic mass is 32.1. The summed E-state index contributed by atoms with van der Waals surface area (Å²) in [6.45, 7) is 2.14. The number of aromatic nitrogens is 3. The predicted molar refractivity (Wildman–Crippen MR) is 94.9 cm³/mol. The van der Waals surface area contributed by atoms with E-state index in [0.29, 0.717) is 41.7 Å². The molecule has 2 aromatic heterocycles. The molecule has 0 unspecified atom stereocenters. The zero-order chi connectivity index (χ0) is 18.1. The molecule has 0 spiro atoms. The largest absolute Gasteiger partial charge is 0.478 e. The number of anilines is 3. The highest BCUT2D eigenvalue weighted by Crippen LogP contribution is 2.30. The van der Waals surface area contributed by atoms with Gasteiger partial charge in [-0.3, -0.25) is 5.32 Å². The minimum atomic E-state index is -1.02. The van der Waals surface area contributed by atoms with E-state index in [1.807, 2.05) is 0 Å². The summed E-state index contributed by atoms with van der Waals surface area (Å²) in [4.78, 5) is 25.7. The third kappa shape index (κ3) is 3.16. The van der Waals surface area contributed by atoms with Crippen LogP contribution >= 0.6 is 11.3 Å². The first-order valence-electron chi connectivity index (χ1n) is 7.87. The molecule has 3 heterocycles. The molecule has 3 aromatic rings. The van der Waals surface area contributed by atoms with Crippen LogP contribution in [0.3, 0.4) is 0 Å². The van der Waals surface area contributed by atoms with Crippen molar-refractivity contribution in [1.29, 1.82) is 0 Å². The molecule has 1 fully saturated rings. The second-order valence-electron chi connectivity index (χ2n) is 5.57. The minimum absolute atomic E-state index is 0.182. The van der Waals surface area contributed by atoms with Gasteiger partial charge in [0.25, 0.3) is 0 Å². The maximum Gasteiger partial charge on any atom is 0.337 e. The summed E-state index contributed by atoms with van der Waals surface area (Å²) in [5.74, 6) is -1.12. The number of aromatic carboxylic acids is 1. The molecule has 2 N–H and O–H groups in total. The molecule has 8 nitrogen and oxygen atoms in total. The Morgan fingerprint density at radius 2 is 2.12 bits per heavy atom. The van der Waals surface area contributed by atoms with Gasteiger partial charge < -0.3 is 14.7 Å². The number of hydrogen-bond acceptors (Lipinski definition) is 8. The normalized spacial score (nSPS) is 14.6. The first kappa shape index (κ1) is 16.6. The van der Waals surface area contributed by atoms with E-state index in [4.69, 9.17) is 4.74 Å². The van der Waals surface area contributed by atoms with Crippen LogP contribution in [0.2, 0.25) is 0 Å². The van der Waals surface area contributed by atoms with Gasteiger partial charge in [-0.25, -0.2) is 19.2 Å². The fourth-order valence-electron chi connectivity index (χ4n) is 2.68. The summed E-state index contributed by atoms with van der Waals surface area (Å²) >= 11 is 1.18. The molecule has 1 aromatic carbocycles. The number of carboxylic acid groups (broad SMARTS) is 1. The molecule has 10 heteroatoms. The molecule has 4 rings (SSSR count). The number of thiazole rings is 1. The van der Waals surface area contributed by atoms with Gasteiger partial charge in [-0.05, 0) is 12.1 Å². The Bertz CT molecular complexity index is 974. The minimum Gasteiger partial charge on any atom is -0.478 e. The molecular weight excluding hydrogens is 361 g/mol. The van der Waals surface area contributed by atoms with Gasteiger partial charge in [0.1, 0.15) is 0 Å². The van der Waals surface area contributed by atoms with Crippen LogP contribution in [0, 0.1) is 5.82 Å². The van der Waals surface area contributed by atoms with Gasteiger partial charge in [0, 0.05) is 13.1 Å². The Morgan fingerprint density at radius 1 is 1.31 bits per heavy atom. The summed E-state index contributed by atoms with van der Waals surface area (Å²) < 4.78 is 19.9. The zero-order valence-corrected chi connectivity index (χ0v) is 14.3. The molecule has 0 aliphatic carbocycles. The van der Waals surface area contributed by atoms with Crippen LogP contribution in [0.4, 0.5) is 21.3 Å². The molecule has 134 valence electrons. The molecular formula is C16H14FN5O3S. The number of nitrogens with zero attached hydrogens (tertiary/aromatic N) is 4. The Hall–Kier alpha value is -2.85. The summed E-state index contributed by atoms with van der Waals surface area (Å²) in [7, 11) is 0. The third-order valence-electron chi connectivity index (χ3n) is 3.90. The van der Waals surface area contributed by atoms with Crippen LogP contribution < -0.4 is 10.2 Å². The van der Waals surface area contributed by atoms with Crippen molar-refractivity contribution in [2.24, 2.45) is 0 Å². The second kappa shape index (κ2) is 6.81. The summed E-state index contributed by atoms with van der Waals surface area (Å²) in [5, 5.41) is 12.6. The number of carbonyl (C=O) groups is 1. The lowest BCUT2D eigenvalue weighted by Crippen LogP contribution is -2.37. The summed E-state index contributed by atoms with van der Waals surface area (Å²) in [6.07, 6.45) is 1.11. The van der Waals surface area contributed by atoms with E-state index in [-0.39, 0.29) is 17.3 Å². The Labute approximate surface area is 151 Å². The maximum atomic E-state index is 14.1. The molecule has 26 heavy (non-hydrogen) atoms. The highest BCUT2D eigenvalue weighted by Gasteiger charge is 2.19. The molecule has 0 bridgehead atoms. The van der Waals surface area contributed by atoms with E-state index in [2.05, 4.69) is 20.3 Å². The van der Waals surface area contributed by atoms with Gasteiger partial charge in [-0.15, -0.1) is 0 Å². The van der Waals surface area contributed by atoms with Crippen molar-refractivity contribution in [3.8, 4) is 0 Å². The van der Waals surface area contributed by atoms with E-state index in [9.17, 15) is 14.3 Å². The van der Waals surface area contributed by atoms with Crippen LogP contribution in [0.1, 0.15) is 10.4 Å². The first-order chi connectivity index (χ1) is 12.6. The lowest BCUT2D eigenvalue weighted by Gasteiger charge is -2.28. The SMILES string of the molecule is O=C(O)c1cccc2nc(Nc3ncc(F)c(N4CCOCC4)n3)sc12. The number of fused-ring (bicyclic) bond motifs is 1. The van der Waals surface area contributed by atoms with Crippen molar-refractivity contribution in [3.63, 3.8) is 0 Å². The Balaban J connectivity index is 1.64. The van der Waals surface area contributed by atoms with Crippen LogP contribution in [0.15, 0.2) is 24.4 Å². The Morgan fingerprint density at radius 3 is 2.88 bits per heavy atom. The lowest BCUT2D eigenvalue weighted by molar-refractivity contribution is 0.0699. The number of carboxylic acids is 1. The van der Waals surface area contributed by atoms with Crippen molar-refractivity contribution in [2.75, 3.05) is 36.5 Å².